The third-order valence-electron chi connectivity index (χ3n) is 2.99. The molecule has 1 aromatic heterocycles. The summed E-state index contributed by atoms with van der Waals surface area (Å²) in [5.74, 6) is 0. The Labute approximate surface area is 93.1 Å². The normalized spacial score (nSPS) is 17.0. The van der Waals surface area contributed by atoms with Crippen LogP contribution in [0.5, 0.6) is 0 Å². The van der Waals surface area contributed by atoms with Crippen molar-refractivity contribution in [3.8, 4) is 0 Å². The molecular weight excluding hydrogens is 204 g/mol. The smallest absolute Gasteiger partial charge is 0.132 e. The van der Waals surface area contributed by atoms with Gasteiger partial charge in [0, 0.05) is 5.69 Å². The van der Waals surface area contributed by atoms with Crippen LogP contribution < -0.4 is 10.6 Å². The van der Waals surface area contributed by atoms with E-state index < -0.39 is 0 Å². The van der Waals surface area contributed by atoms with Crippen molar-refractivity contribution < 1.29 is 4.84 Å². The second-order valence-electron chi connectivity index (χ2n) is 4.22. The molecule has 0 unspecified atom stereocenters. The number of nitrogens with two attached hydrogens (primary N) is 1. The summed E-state index contributed by atoms with van der Waals surface area (Å²) in [6, 6.07) is 5.51. The molecule has 3 rings (SSSR count). The molecule has 5 nitrogen and oxygen atoms in total. The van der Waals surface area contributed by atoms with Crippen LogP contribution in [0.25, 0.3) is 11.0 Å². The van der Waals surface area contributed by atoms with E-state index in [4.69, 9.17) is 10.6 Å². The van der Waals surface area contributed by atoms with Crippen molar-refractivity contribution in [3.05, 3.63) is 18.2 Å². The van der Waals surface area contributed by atoms with Crippen molar-refractivity contribution in [2.45, 2.75) is 31.8 Å². The fourth-order valence-electron chi connectivity index (χ4n) is 2.13. The molecule has 16 heavy (non-hydrogen) atoms. The number of hydrogen-bond donors (Lipinski definition) is 1. The summed E-state index contributed by atoms with van der Waals surface area (Å²) in [7, 11) is 0. The lowest BCUT2D eigenvalue weighted by atomic mass is 10.3. The Morgan fingerprint density at radius 3 is 2.94 bits per heavy atom. The van der Waals surface area contributed by atoms with Gasteiger partial charge in [0.05, 0.1) is 0 Å². The van der Waals surface area contributed by atoms with Crippen LogP contribution in [0.15, 0.2) is 18.2 Å². The Balaban J connectivity index is 1.93. The summed E-state index contributed by atoms with van der Waals surface area (Å²) in [4.78, 5) is 7.27. The van der Waals surface area contributed by atoms with Gasteiger partial charge in [0.15, 0.2) is 0 Å². The van der Waals surface area contributed by atoms with E-state index in [1.807, 2.05) is 18.2 Å². The monoisotopic (exact) mass is 218 g/mol. The minimum atomic E-state index is 0.270. The third kappa shape index (κ3) is 1.58. The van der Waals surface area contributed by atoms with E-state index in [1.165, 1.54) is 17.7 Å². The summed E-state index contributed by atoms with van der Waals surface area (Å²) >= 11 is 0. The quantitative estimate of drug-likeness (QED) is 0.773. The topological polar surface area (TPSA) is 66.0 Å². The maximum Gasteiger partial charge on any atom is 0.132 e. The van der Waals surface area contributed by atoms with E-state index >= 15 is 0 Å². The molecule has 0 atom stereocenters. The summed E-state index contributed by atoms with van der Waals surface area (Å²) in [6.45, 7) is 0. The Morgan fingerprint density at radius 2 is 2.12 bits per heavy atom. The number of hydrogen-bond acceptors (Lipinski definition) is 4. The molecule has 1 saturated carbocycles. The summed E-state index contributed by atoms with van der Waals surface area (Å²) in [5, 5.41) is 8.02. The van der Waals surface area contributed by atoms with E-state index in [0.29, 0.717) is 5.69 Å². The predicted octanol–water partition coefficient (Wildman–Crippen LogP) is 1.38. The molecule has 84 valence electrons. The van der Waals surface area contributed by atoms with E-state index in [0.717, 1.165) is 23.9 Å². The molecule has 0 saturated heterocycles. The molecule has 2 aromatic rings. The molecule has 0 radical (unpaired) electrons. The van der Waals surface area contributed by atoms with E-state index in [1.54, 1.807) is 0 Å². The number of nitrogen functional groups attached to an aromatic ring is 1. The maximum atomic E-state index is 5.77. The Morgan fingerprint density at radius 1 is 1.31 bits per heavy atom. The van der Waals surface area contributed by atoms with Gasteiger partial charge in [0.2, 0.25) is 0 Å². The molecule has 0 aliphatic heterocycles. The summed E-state index contributed by atoms with van der Waals surface area (Å²) in [5.41, 5.74) is 8.09. The van der Waals surface area contributed by atoms with Gasteiger partial charge in [-0.05, 0) is 49.1 Å². The SMILES string of the molecule is Nc1ccc2nnn(OC3CCCC3)c2c1. The van der Waals surface area contributed by atoms with Crippen LogP contribution in [0.4, 0.5) is 5.69 Å². The molecule has 1 fully saturated rings. The molecule has 0 amide bonds. The van der Waals surface area contributed by atoms with Gasteiger partial charge in [-0.3, -0.25) is 0 Å². The van der Waals surface area contributed by atoms with Gasteiger partial charge in [0.25, 0.3) is 0 Å². The van der Waals surface area contributed by atoms with Crippen LogP contribution in [0, 0.1) is 0 Å². The van der Waals surface area contributed by atoms with E-state index in [9.17, 15) is 0 Å². The number of anilines is 1. The molecule has 0 spiro atoms. The standard InChI is InChI=1S/C11H14N4O/c12-8-5-6-10-11(7-8)15(14-13-10)16-9-3-1-2-4-9/h5-7,9H,1-4,12H2. The molecule has 1 aromatic carbocycles. The highest BCUT2D eigenvalue weighted by Crippen LogP contribution is 2.20. The zero-order chi connectivity index (χ0) is 11.0. The maximum absolute atomic E-state index is 5.77. The van der Waals surface area contributed by atoms with Crippen molar-refractivity contribution in [3.63, 3.8) is 0 Å². The first-order valence-corrected chi connectivity index (χ1v) is 5.61. The second kappa shape index (κ2) is 3.66. The molecule has 1 heterocycles. The van der Waals surface area contributed by atoms with Crippen molar-refractivity contribution in [2.24, 2.45) is 0 Å². The minimum absolute atomic E-state index is 0.270. The highest BCUT2D eigenvalue weighted by Gasteiger charge is 2.18. The van der Waals surface area contributed by atoms with Crippen molar-refractivity contribution in [1.29, 1.82) is 0 Å². The average molecular weight is 218 g/mol. The Bertz CT molecular complexity index is 502. The highest BCUT2D eigenvalue weighted by atomic mass is 16.7. The van der Waals surface area contributed by atoms with Crippen LogP contribution in [-0.2, 0) is 0 Å². The van der Waals surface area contributed by atoms with E-state index in [2.05, 4.69) is 10.3 Å². The Kier molecular flexibility index (Phi) is 2.16. The molecule has 1 aliphatic rings. The van der Waals surface area contributed by atoms with Gasteiger partial charge in [0.1, 0.15) is 17.1 Å². The fraction of sp³-hybridized carbons (Fsp3) is 0.455. The zero-order valence-corrected chi connectivity index (χ0v) is 8.97. The predicted molar refractivity (Wildman–Crippen MR) is 60.8 cm³/mol. The highest BCUT2D eigenvalue weighted by molar-refractivity contribution is 5.77. The average Bonchev–Trinajstić information content (AvgIpc) is 2.90. The lowest BCUT2D eigenvalue weighted by Crippen LogP contribution is -2.23. The molecule has 0 bridgehead atoms. The number of nitrogens with zero attached hydrogens (tertiary/aromatic N) is 3. The van der Waals surface area contributed by atoms with Crippen LogP contribution in [0.2, 0.25) is 0 Å². The lowest BCUT2D eigenvalue weighted by Gasteiger charge is -2.11. The van der Waals surface area contributed by atoms with Crippen LogP contribution in [0.3, 0.4) is 0 Å². The largest absolute Gasteiger partial charge is 0.399 e. The fourth-order valence-corrected chi connectivity index (χ4v) is 2.13. The van der Waals surface area contributed by atoms with Gasteiger partial charge in [-0.25, -0.2) is 0 Å². The molecular formula is C11H14N4O. The number of rotatable bonds is 2. The number of benzene rings is 1. The van der Waals surface area contributed by atoms with Gasteiger partial charge in [-0.15, -0.1) is 5.10 Å². The Hall–Kier alpha value is -1.78. The van der Waals surface area contributed by atoms with E-state index in [-0.39, 0.29) is 6.10 Å². The van der Waals surface area contributed by atoms with Crippen LogP contribution in [-0.4, -0.2) is 21.3 Å². The minimum Gasteiger partial charge on any atom is -0.399 e. The van der Waals surface area contributed by atoms with Crippen molar-refractivity contribution in [2.75, 3.05) is 5.73 Å². The summed E-state index contributed by atoms with van der Waals surface area (Å²) < 4.78 is 0. The zero-order valence-electron chi connectivity index (χ0n) is 8.97. The molecule has 1 aliphatic carbocycles. The van der Waals surface area contributed by atoms with Crippen molar-refractivity contribution >= 4 is 16.7 Å². The van der Waals surface area contributed by atoms with Crippen LogP contribution in [0.1, 0.15) is 25.7 Å². The van der Waals surface area contributed by atoms with Crippen LogP contribution >= 0.6 is 0 Å². The second-order valence-corrected chi connectivity index (χ2v) is 4.22. The number of aromatic nitrogens is 3. The first-order valence-electron chi connectivity index (χ1n) is 5.61. The number of fused-ring (bicyclic) bond motifs is 1. The van der Waals surface area contributed by atoms with Gasteiger partial charge >= 0.3 is 0 Å². The first kappa shape index (κ1) is 9.45. The van der Waals surface area contributed by atoms with Crippen molar-refractivity contribution in [1.82, 2.24) is 15.2 Å². The molecule has 2 N–H and O–H groups in total. The summed E-state index contributed by atoms with van der Waals surface area (Å²) in [6.07, 6.45) is 4.94. The van der Waals surface area contributed by atoms with Gasteiger partial charge in [-0.1, -0.05) is 4.85 Å². The first-order chi connectivity index (χ1) is 7.83. The molecule has 5 heteroatoms. The third-order valence-corrected chi connectivity index (χ3v) is 2.99. The van der Waals surface area contributed by atoms with Gasteiger partial charge < -0.3 is 10.6 Å². The lowest BCUT2D eigenvalue weighted by molar-refractivity contribution is 0.0239. The van der Waals surface area contributed by atoms with Gasteiger partial charge in [-0.2, -0.15) is 0 Å².